The molecule has 4 nitrogen and oxygen atoms in total. The fourth-order valence-electron chi connectivity index (χ4n) is 1.67. The number of amides is 1. The predicted octanol–water partition coefficient (Wildman–Crippen LogP) is 2.78. The highest BCUT2D eigenvalue weighted by Gasteiger charge is 2.10. The van der Waals surface area contributed by atoms with Crippen LogP contribution in [-0.2, 0) is 11.2 Å². The maximum atomic E-state index is 11.8. The molecule has 1 aromatic heterocycles. The van der Waals surface area contributed by atoms with Crippen LogP contribution in [-0.4, -0.2) is 10.9 Å². The summed E-state index contributed by atoms with van der Waals surface area (Å²) in [4.78, 5) is 15.8. The minimum absolute atomic E-state index is 0.0990. The predicted molar refractivity (Wildman–Crippen MR) is 69.5 cm³/mol. The number of rotatable bonds is 3. The van der Waals surface area contributed by atoms with Crippen molar-refractivity contribution in [2.75, 3.05) is 5.32 Å². The molecule has 2 rings (SSSR count). The van der Waals surface area contributed by atoms with Gasteiger partial charge in [-0.3, -0.25) is 4.79 Å². The molecular formula is C14H16N2O2. The lowest BCUT2D eigenvalue weighted by Crippen LogP contribution is -2.14. The number of anilines is 1. The molecule has 0 aliphatic heterocycles. The molecule has 4 heteroatoms. The molecule has 1 heterocycles. The molecule has 0 unspecified atom stereocenters. The third-order valence-electron chi connectivity index (χ3n) is 2.96. The highest BCUT2D eigenvalue weighted by Crippen LogP contribution is 2.15. The third-order valence-corrected chi connectivity index (χ3v) is 2.96. The standard InChI is InChI=1S/C14H16N2O2/c1-9-4-5-12(6-10(9)2)16-14(17)7-13-11(3)15-8-18-13/h4-6,8H,7H2,1-3H3,(H,16,17). The van der Waals surface area contributed by atoms with Crippen molar-refractivity contribution in [1.29, 1.82) is 0 Å². The lowest BCUT2D eigenvalue weighted by molar-refractivity contribution is -0.115. The van der Waals surface area contributed by atoms with Gasteiger partial charge in [-0.05, 0) is 44.0 Å². The third kappa shape index (κ3) is 2.77. The highest BCUT2D eigenvalue weighted by molar-refractivity contribution is 5.92. The summed E-state index contributed by atoms with van der Waals surface area (Å²) in [5.74, 6) is 0.509. The largest absolute Gasteiger partial charge is 0.448 e. The lowest BCUT2D eigenvalue weighted by atomic mass is 10.1. The normalized spacial score (nSPS) is 10.4. The molecule has 94 valence electrons. The number of nitrogens with one attached hydrogen (secondary N) is 1. The number of carbonyl (C=O) groups is 1. The molecule has 0 radical (unpaired) electrons. The van der Waals surface area contributed by atoms with Gasteiger partial charge in [-0.25, -0.2) is 4.98 Å². The Morgan fingerprint density at radius 2 is 2.06 bits per heavy atom. The summed E-state index contributed by atoms with van der Waals surface area (Å²) in [5, 5.41) is 2.85. The molecule has 0 aliphatic rings. The van der Waals surface area contributed by atoms with Crippen molar-refractivity contribution in [3.8, 4) is 0 Å². The van der Waals surface area contributed by atoms with Crippen molar-refractivity contribution in [2.24, 2.45) is 0 Å². The van der Waals surface area contributed by atoms with Gasteiger partial charge in [0.15, 0.2) is 6.39 Å². The fraction of sp³-hybridized carbons (Fsp3) is 0.286. The fourth-order valence-corrected chi connectivity index (χ4v) is 1.67. The van der Waals surface area contributed by atoms with Crippen LogP contribution in [0.15, 0.2) is 29.0 Å². The summed E-state index contributed by atoms with van der Waals surface area (Å²) >= 11 is 0. The van der Waals surface area contributed by atoms with Crippen LogP contribution in [0.25, 0.3) is 0 Å². The van der Waals surface area contributed by atoms with E-state index in [0.717, 1.165) is 16.9 Å². The molecule has 2 aromatic rings. The first-order valence-corrected chi connectivity index (χ1v) is 5.82. The minimum atomic E-state index is -0.0990. The number of hydrogen-bond acceptors (Lipinski definition) is 3. The summed E-state index contributed by atoms with van der Waals surface area (Å²) in [6.45, 7) is 5.88. The van der Waals surface area contributed by atoms with E-state index in [1.54, 1.807) is 0 Å². The second-order valence-electron chi connectivity index (χ2n) is 4.38. The Balaban J connectivity index is 2.03. The van der Waals surface area contributed by atoms with E-state index in [4.69, 9.17) is 4.42 Å². The average Bonchev–Trinajstić information content (AvgIpc) is 2.70. The number of nitrogens with zero attached hydrogens (tertiary/aromatic N) is 1. The zero-order valence-corrected chi connectivity index (χ0v) is 10.8. The van der Waals surface area contributed by atoms with E-state index >= 15 is 0 Å². The first-order chi connectivity index (χ1) is 8.56. The van der Waals surface area contributed by atoms with Crippen LogP contribution >= 0.6 is 0 Å². The Hall–Kier alpha value is -2.10. The first kappa shape index (κ1) is 12.4. The van der Waals surface area contributed by atoms with Gasteiger partial charge in [0.05, 0.1) is 12.1 Å². The van der Waals surface area contributed by atoms with Gasteiger partial charge in [0.25, 0.3) is 0 Å². The highest BCUT2D eigenvalue weighted by atomic mass is 16.3. The number of benzene rings is 1. The molecule has 0 saturated heterocycles. The van der Waals surface area contributed by atoms with Crippen molar-refractivity contribution in [1.82, 2.24) is 4.98 Å². The first-order valence-electron chi connectivity index (χ1n) is 5.82. The number of oxazole rings is 1. The molecular weight excluding hydrogens is 228 g/mol. The van der Waals surface area contributed by atoms with Gasteiger partial charge < -0.3 is 9.73 Å². The number of hydrogen-bond donors (Lipinski definition) is 1. The topological polar surface area (TPSA) is 55.1 Å². The monoisotopic (exact) mass is 244 g/mol. The van der Waals surface area contributed by atoms with Crippen LogP contribution in [0, 0.1) is 20.8 Å². The molecule has 0 saturated carbocycles. The molecule has 0 fully saturated rings. The van der Waals surface area contributed by atoms with Crippen molar-refractivity contribution >= 4 is 11.6 Å². The summed E-state index contributed by atoms with van der Waals surface area (Å²) in [7, 11) is 0. The molecule has 0 spiro atoms. The van der Waals surface area contributed by atoms with Crippen molar-refractivity contribution in [2.45, 2.75) is 27.2 Å². The summed E-state index contributed by atoms with van der Waals surface area (Å²) < 4.78 is 5.14. The average molecular weight is 244 g/mol. The number of carbonyl (C=O) groups excluding carboxylic acids is 1. The van der Waals surface area contributed by atoms with E-state index in [2.05, 4.69) is 10.3 Å². The zero-order valence-electron chi connectivity index (χ0n) is 10.8. The van der Waals surface area contributed by atoms with E-state index in [-0.39, 0.29) is 12.3 Å². The van der Waals surface area contributed by atoms with E-state index in [1.165, 1.54) is 12.0 Å². The molecule has 1 N–H and O–H groups in total. The van der Waals surface area contributed by atoms with Crippen LogP contribution in [0.2, 0.25) is 0 Å². The molecule has 1 aromatic carbocycles. The van der Waals surface area contributed by atoms with Crippen LogP contribution in [0.5, 0.6) is 0 Å². The molecule has 1 amide bonds. The van der Waals surface area contributed by atoms with Gasteiger partial charge in [-0.1, -0.05) is 6.07 Å². The van der Waals surface area contributed by atoms with Gasteiger partial charge in [-0.2, -0.15) is 0 Å². The Morgan fingerprint density at radius 1 is 1.28 bits per heavy atom. The molecule has 18 heavy (non-hydrogen) atoms. The Morgan fingerprint density at radius 3 is 2.67 bits per heavy atom. The quantitative estimate of drug-likeness (QED) is 0.903. The second-order valence-corrected chi connectivity index (χ2v) is 4.38. The zero-order chi connectivity index (χ0) is 13.1. The van der Waals surface area contributed by atoms with Gasteiger partial charge in [-0.15, -0.1) is 0 Å². The lowest BCUT2D eigenvalue weighted by Gasteiger charge is -2.07. The van der Waals surface area contributed by atoms with Gasteiger partial charge in [0.1, 0.15) is 5.76 Å². The van der Waals surface area contributed by atoms with Gasteiger partial charge >= 0.3 is 0 Å². The summed E-state index contributed by atoms with van der Waals surface area (Å²) in [6, 6.07) is 5.85. The number of aromatic nitrogens is 1. The van der Waals surface area contributed by atoms with Crippen LogP contribution in [0.1, 0.15) is 22.6 Å². The smallest absolute Gasteiger partial charge is 0.232 e. The van der Waals surface area contributed by atoms with Gasteiger partial charge in [0, 0.05) is 5.69 Å². The van der Waals surface area contributed by atoms with E-state index in [0.29, 0.717) is 5.76 Å². The maximum Gasteiger partial charge on any atom is 0.232 e. The van der Waals surface area contributed by atoms with Crippen LogP contribution in [0.4, 0.5) is 5.69 Å². The Kier molecular flexibility index (Phi) is 3.46. The minimum Gasteiger partial charge on any atom is -0.448 e. The van der Waals surface area contributed by atoms with E-state index in [9.17, 15) is 4.79 Å². The molecule has 0 bridgehead atoms. The molecule has 0 aliphatic carbocycles. The Bertz CT molecular complexity index is 573. The van der Waals surface area contributed by atoms with Crippen LogP contribution < -0.4 is 5.32 Å². The van der Waals surface area contributed by atoms with Crippen molar-refractivity contribution < 1.29 is 9.21 Å². The van der Waals surface area contributed by atoms with Crippen molar-refractivity contribution in [3.63, 3.8) is 0 Å². The van der Waals surface area contributed by atoms with Crippen LogP contribution in [0.3, 0.4) is 0 Å². The van der Waals surface area contributed by atoms with Gasteiger partial charge in [0.2, 0.25) is 5.91 Å². The second kappa shape index (κ2) is 5.04. The number of aryl methyl sites for hydroxylation is 3. The summed E-state index contributed by atoms with van der Waals surface area (Å²) in [6.07, 6.45) is 1.56. The van der Waals surface area contributed by atoms with E-state index < -0.39 is 0 Å². The maximum absolute atomic E-state index is 11.8. The SMILES string of the molecule is Cc1ccc(NC(=O)Cc2ocnc2C)cc1C. The van der Waals surface area contributed by atoms with Crippen molar-refractivity contribution in [3.05, 3.63) is 47.2 Å². The molecule has 0 atom stereocenters. The van der Waals surface area contributed by atoms with E-state index in [1.807, 2.05) is 39.0 Å². The Labute approximate surface area is 106 Å². The summed E-state index contributed by atoms with van der Waals surface area (Å²) in [5.41, 5.74) is 3.92.